The van der Waals surface area contributed by atoms with E-state index in [1.165, 1.54) is 31.3 Å². The number of halogens is 2. The molecule has 0 unspecified atom stereocenters. The van der Waals surface area contributed by atoms with Crippen molar-refractivity contribution >= 4 is 17.2 Å². The van der Waals surface area contributed by atoms with E-state index in [2.05, 4.69) is 50.6 Å². The first-order valence-corrected chi connectivity index (χ1v) is 20.9. The lowest BCUT2D eigenvalue weighted by Gasteiger charge is -2.41. The number of ketones is 1. The Labute approximate surface area is 365 Å². The van der Waals surface area contributed by atoms with Gasteiger partial charge in [-0.1, -0.05) is 12.1 Å². The Balaban J connectivity index is 1.05. The van der Waals surface area contributed by atoms with Crippen LogP contribution in [0.25, 0.3) is 22.7 Å². The van der Waals surface area contributed by atoms with E-state index in [4.69, 9.17) is 9.47 Å². The third kappa shape index (κ3) is 7.90. The van der Waals surface area contributed by atoms with Gasteiger partial charge in [-0.15, -0.1) is 9.59 Å². The summed E-state index contributed by atoms with van der Waals surface area (Å²) < 4.78 is 43.5. The number of ether oxygens (including phenoxy) is 2. The van der Waals surface area contributed by atoms with Crippen LogP contribution in [-0.4, -0.2) is 116 Å². The minimum absolute atomic E-state index is 0.185. The van der Waals surface area contributed by atoms with Gasteiger partial charge in [0.1, 0.15) is 23.0 Å². The molecule has 2 aliphatic heterocycles. The van der Waals surface area contributed by atoms with Gasteiger partial charge in [-0.25, -0.2) is 8.78 Å². The number of carbonyl (C=O) groups excluding carboxylic acids is 1. The highest BCUT2D eigenvalue weighted by Gasteiger charge is 2.35. The van der Waals surface area contributed by atoms with Gasteiger partial charge in [-0.05, 0) is 98.5 Å². The molecule has 4 aromatic heterocycles. The van der Waals surface area contributed by atoms with Crippen molar-refractivity contribution in [1.82, 2.24) is 60.0 Å². The molecule has 4 atom stereocenters. The van der Waals surface area contributed by atoms with Crippen molar-refractivity contribution in [2.45, 2.75) is 51.0 Å². The van der Waals surface area contributed by atoms with Crippen LogP contribution in [0.5, 0.6) is 0 Å². The van der Waals surface area contributed by atoms with Gasteiger partial charge in [0.15, 0.2) is 5.78 Å². The molecular formula is C45H42F2N14O3. The van der Waals surface area contributed by atoms with Gasteiger partial charge < -0.3 is 19.3 Å². The van der Waals surface area contributed by atoms with Crippen LogP contribution in [0.3, 0.4) is 0 Å². The summed E-state index contributed by atoms with van der Waals surface area (Å²) >= 11 is 0. The van der Waals surface area contributed by atoms with Gasteiger partial charge in [-0.2, -0.15) is 50.4 Å². The Morgan fingerprint density at radius 3 is 1.31 bits per heavy atom. The number of hydrogen-bond acceptors (Lipinski definition) is 13. The zero-order valence-corrected chi connectivity index (χ0v) is 34.8. The molecule has 0 N–H and O–H groups in total. The van der Waals surface area contributed by atoms with Crippen molar-refractivity contribution in [3.8, 4) is 22.7 Å². The quantitative estimate of drug-likeness (QED) is 0.148. The molecule has 10 rings (SSSR count). The third-order valence-electron chi connectivity index (χ3n) is 11.6. The van der Waals surface area contributed by atoms with Crippen molar-refractivity contribution in [2.24, 2.45) is 0 Å². The van der Waals surface area contributed by atoms with E-state index in [1.807, 2.05) is 38.1 Å². The van der Waals surface area contributed by atoms with E-state index >= 15 is 13.6 Å². The number of benzene rings is 4. The monoisotopic (exact) mass is 864 g/mol. The van der Waals surface area contributed by atoms with Gasteiger partial charge in [0, 0.05) is 13.1 Å². The summed E-state index contributed by atoms with van der Waals surface area (Å²) in [5.74, 6) is -1.07. The fourth-order valence-electron chi connectivity index (χ4n) is 8.63. The molecule has 6 heterocycles. The number of nitrogens with zero attached hydrogens (tertiary/aromatic N) is 14. The fraction of sp³-hybridized carbons (Fsp3) is 0.267. The molecule has 0 bridgehead atoms. The predicted octanol–water partition coefficient (Wildman–Crippen LogP) is 5.19. The van der Waals surface area contributed by atoms with E-state index in [1.54, 1.807) is 86.0 Å². The van der Waals surface area contributed by atoms with Crippen molar-refractivity contribution in [3.63, 3.8) is 0 Å². The summed E-state index contributed by atoms with van der Waals surface area (Å²) in [5, 5.41) is 35.0. The second-order valence-electron chi connectivity index (χ2n) is 15.8. The fourth-order valence-corrected chi connectivity index (χ4v) is 8.63. The highest BCUT2D eigenvalue weighted by Crippen LogP contribution is 2.37. The summed E-state index contributed by atoms with van der Waals surface area (Å²) in [5.41, 5.74) is 5.01. The Hall–Kier alpha value is -7.51. The molecule has 324 valence electrons. The molecule has 0 radical (unpaired) electrons. The van der Waals surface area contributed by atoms with Crippen LogP contribution in [0.15, 0.2) is 122 Å². The number of carbonyl (C=O) groups is 1. The molecule has 19 heteroatoms. The molecule has 2 aliphatic rings. The maximum atomic E-state index is 15.6. The molecule has 4 aromatic carbocycles. The van der Waals surface area contributed by atoms with E-state index < -0.39 is 0 Å². The Morgan fingerprint density at radius 2 is 0.922 bits per heavy atom. The summed E-state index contributed by atoms with van der Waals surface area (Å²) in [6.45, 7) is 5.42. The highest BCUT2D eigenvalue weighted by atomic mass is 19.1. The van der Waals surface area contributed by atoms with Gasteiger partial charge in [0.05, 0.1) is 121 Å². The van der Waals surface area contributed by atoms with Crippen LogP contribution in [0.1, 0.15) is 40.9 Å². The number of aromatic nitrogens is 12. The SMILES string of the molecule is C[C@@H]1CN(c2cccc(C(=O)c3cccc(N4C[C@@H](C)OC[C@H]4Cc4cc(-n5nccn5)ccc4F)c3-n3nccn3)c2-n2nccn2)[C@H](Cc2cc(-n3nccn3)ccc2F)CO1. The summed E-state index contributed by atoms with van der Waals surface area (Å²) in [4.78, 5) is 25.5. The lowest BCUT2D eigenvalue weighted by molar-refractivity contribution is 0.0305. The zero-order valence-electron chi connectivity index (χ0n) is 34.8. The molecule has 0 spiro atoms. The molecule has 0 amide bonds. The van der Waals surface area contributed by atoms with Crippen LogP contribution in [0, 0.1) is 11.6 Å². The van der Waals surface area contributed by atoms with Crippen molar-refractivity contribution in [3.05, 3.63) is 156 Å². The molecule has 2 fully saturated rings. The number of hydrogen-bond donors (Lipinski definition) is 0. The molecule has 0 saturated carbocycles. The van der Waals surface area contributed by atoms with Crippen molar-refractivity contribution in [1.29, 1.82) is 0 Å². The average Bonchev–Trinajstić information content (AvgIpc) is 4.18. The second kappa shape index (κ2) is 17.3. The highest BCUT2D eigenvalue weighted by molar-refractivity contribution is 6.15. The Morgan fingerprint density at radius 1 is 0.547 bits per heavy atom. The zero-order chi connectivity index (χ0) is 43.7. The van der Waals surface area contributed by atoms with Crippen molar-refractivity contribution in [2.75, 3.05) is 36.1 Å². The minimum Gasteiger partial charge on any atom is -0.375 e. The van der Waals surface area contributed by atoms with E-state index in [-0.39, 0.29) is 54.6 Å². The average molecular weight is 865 g/mol. The summed E-state index contributed by atoms with van der Waals surface area (Å²) in [6.07, 6.45) is 12.7. The first-order valence-electron chi connectivity index (χ1n) is 20.9. The third-order valence-corrected chi connectivity index (χ3v) is 11.6. The standard InChI is InChI=1S/C45H42F2N14O3/c1-29-25-56(35(27-63-29)23-31-21-33(9-11-39(31)46)58-48-13-14-49-58)41-7-3-5-37(43(41)60-52-17-18-53-60)45(62)38-6-4-8-42(44(38)61-54-19-20-55-61)57-26-30(2)64-28-36(57)24-32-22-34(10-12-40(32)47)59-50-15-16-51-59/h3-22,29-30,35-36H,23-28H2,1-2H3/t29-,30-,35-,36-/m1/s1. The number of morpholine rings is 2. The van der Waals surface area contributed by atoms with Gasteiger partial charge in [0.2, 0.25) is 0 Å². The smallest absolute Gasteiger partial charge is 0.197 e. The largest absolute Gasteiger partial charge is 0.375 e. The van der Waals surface area contributed by atoms with Gasteiger partial charge in [0.25, 0.3) is 0 Å². The predicted molar refractivity (Wildman–Crippen MR) is 229 cm³/mol. The summed E-state index contributed by atoms with van der Waals surface area (Å²) in [6, 6.07) is 19.9. The second-order valence-corrected chi connectivity index (χ2v) is 15.8. The van der Waals surface area contributed by atoms with Gasteiger partial charge >= 0.3 is 0 Å². The van der Waals surface area contributed by atoms with E-state index in [0.29, 0.717) is 82.7 Å². The Bertz CT molecular complexity index is 2680. The maximum Gasteiger partial charge on any atom is 0.197 e. The molecular weight excluding hydrogens is 823 g/mol. The number of para-hydroxylation sites is 2. The van der Waals surface area contributed by atoms with Crippen LogP contribution in [-0.2, 0) is 22.3 Å². The maximum absolute atomic E-state index is 15.6. The molecule has 2 saturated heterocycles. The summed E-state index contributed by atoms with van der Waals surface area (Å²) in [7, 11) is 0. The lowest BCUT2D eigenvalue weighted by Crippen LogP contribution is -2.50. The topological polar surface area (TPSA) is 165 Å². The first kappa shape index (κ1) is 40.6. The number of rotatable bonds is 12. The molecule has 0 aliphatic carbocycles. The molecule has 17 nitrogen and oxygen atoms in total. The van der Waals surface area contributed by atoms with Crippen LogP contribution < -0.4 is 9.80 Å². The van der Waals surface area contributed by atoms with Crippen molar-refractivity contribution < 1.29 is 23.0 Å². The normalized spacial score (nSPS) is 19.0. The van der Waals surface area contributed by atoms with E-state index in [0.717, 1.165) is 0 Å². The van der Waals surface area contributed by atoms with Crippen LogP contribution in [0.4, 0.5) is 20.2 Å². The Kier molecular flexibility index (Phi) is 11.0. The number of anilines is 2. The van der Waals surface area contributed by atoms with Gasteiger partial charge in [-0.3, -0.25) is 4.79 Å². The first-order chi connectivity index (χ1) is 31.3. The van der Waals surface area contributed by atoms with Crippen LogP contribution in [0.2, 0.25) is 0 Å². The molecule has 64 heavy (non-hydrogen) atoms. The van der Waals surface area contributed by atoms with Crippen LogP contribution >= 0.6 is 0 Å². The molecule has 8 aromatic rings. The lowest BCUT2D eigenvalue weighted by atomic mass is 9.95. The van der Waals surface area contributed by atoms with E-state index in [9.17, 15) is 0 Å². The minimum atomic E-state index is -0.367.